The summed E-state index contributed by atoms with van der Waals surface area (Å²) in [6, 6.07) is 20.0. The molecule has 0 bridgehead atoms. The molecule has 0 spiro atoms. The molecule has 3 aromatic carbocycles. The fraction of sp³-hybridized carbons (Fsp3) is 0.161. The number of esters is 2. The minimum absolute atomic E-state index is 0.0670. The summed E-state index contributed by atoms with van der Waals surface area (Å²) in [5, 5.41) is 7.43. The summed E-state index contributed by atoms with van der Waals surface area (Å²) in [6.07, 6.45) is 3.41. The molecular weight excluding hydrogens is 494 g/mol. The predicted octanol–water partition coefficient (Wildman–Crippen LogP) is 4.98. The number of nitrogens with two attached hydrogens (primary N) is 1. The summed E-state index contributed by atoms with van der Waals surface area (Å²) in [5.41, 5.74) is 8.92. The van der Waals surface area contributed by atoms with Gasteiger partial charge in [0, 0.05) is 24.2 Å². The zero-order valence-corrected chi connectivity index (χ0v) is 22.0. The Labute approximate surface area is 227 Å². The molecule has 0 aliphatic carbocycles. The van der Waals surface area contributed by atoms with Crippen LogP contribution in [-0.2, 0) is 16.1 Å². The molecule has 0 saturated heterocycles. The molecule has 1 amide bonds. The van der Waals surface area contributed by atoms with Crippen LogP contribution in [0.4, 0.5) is 0 Å². The smallest absolute Gasteiger partial charge is 0.343 e. The van der Waals surface area contributed by atoms with Gasteiger partial charge in [-0.25, -0.2) is 9.59 Å². The average molecular weight is 526 g/mol. The van der Waals surface area contributed by atoms with E-state index in [1.807, 2.05) is 0 Å². The lowest BCUT2D eigenvalue weighted by Crippen LogP contribution is -2.31. The molecule has 0 radical (unpaired) electrons. The topological polar surface area (TPSA) is 123 Å². The van der Waals surface area contributed by atoms with Crippen molar-refractivity contribution in [1.29, 1.82) is 5.41 Å². The van der Waals surface area contributed by atoms with Gasteiger partial charge in [-0.15, -0.1) is 6.58 Å². The van der Waals surface area contributed by atoms with Gasteiger partial charge in [0.05, 0.1) is 17.7 Å². The summed E-state index contributed by atoms with van der Waals surface area (Å²) in [6.45, 7) is 8.24. The Morgan fingerprint density at radius 3 is 2.03 bits per heavy atom. The van der Waals surface area contributed by atoms with Gasteiger partial charge in [0.1, 0.15) is 11.6 Å². The first-order valence-corrected chi connectivity index (χ1v) is 12.3. The maximum absolute atomic E-state index is 13.2. The highest BCUT2D eigenvalue weighted by Crippen LogP contribution is 2.17. The average Bonchev–Trinajstić information content (AvgIpc) is 2.93. The molecule has 0 unspecified atom stereocenters. The van der Waals surface area contributed by atoms with E-state index in [0.717, 1.165) is 11.1 Å². The molecule has 0 atom stereocenters. The number of hydrogen-bond donors (Lipinski definition) is 2. The number of carbonyl (C=O) groups excluding carboxylic acids is 3. The minimum atomic E-state index is -0.528. The standard InChI is InChI=1S/C31H31N3O5/c1-4-18-34(20-23-8-12-25(13-9-23)30(36)38-5-2)29(35)21(3)19-22-6-10-26(11-7-22)31(37)39-27-16-14-24(15-17-27)28(32)33/h4,6-17,19H,1,5,18,20H2,2-3H3,(H3,32,33)/b21-19+. The van der Waals surface area contributed by atoms with Crippen molar-refractivity contribution in [2.75, 3.05) is 13.2 Å². The summed E-state index contributed by atoms with van der Waals surface area (Å²) in [7, 11) is 0. The van der Waals surface area contributed by atoms with E-state index in [2.05, 4.69) is 6.58 Å². The molecule has 3 aromatic rings. The Morgan fingerprint density at radius 2 is 1.46 bits per heavy atom. The third-order valence-corrected chi connectivity index (χ3v) is 5.72. The van der Waals surface area contributed by atoms with Crippen LogP contribution in [0.5, 0.6) is 5.75 Å². The van der Waals surface area contributed by atoms with Gasteiger partial charge >= 0.3 is 11.9 Å². The third kappa shape index (κ3) is 8.00. The van der Waals surface area contributed by atoms with Crippen LogP contribution in [0, 0.1) is 5.41 Å². The van der Waals surface area contributed by atoms with E-state index in [-0.39, 0.29) is 17.7 Å². The first-order valence-electron chi connectivity index (χ1n) is 12.3. The van der Waals surface area contributed by atoms with E-state index < -0.39 is 5.97 Å². The highest BCUT2D eigenvalue weighted by Gasteiger charge is 2.16. The first kappa shape index (κ1) is 28.6. The normalized spacial score (nSPS) is 10.9. The van der Waals surface area contributed by atoms with Crippen LogP contribution in [-0.4, -0.2) is 41.7 Å². The van der Waals surface area contributed by atoms with E-state index in [1.165, 1.54) is 0 Å². The zero-order valence-electron chi connectivity index (χ0n) is 22.0. The van der Waals surface area contributed by atoms with Gasteiger partial charge in [-0.3, -0.25) is 10.2 Å². The fourth-order valence-corrected chi connectivity index (χ4v) is 3.70. The van der Waals surface area contributed by atoms with Crippen molar-refractivity contribution in [3.05, 3.63) is 119 Å². The lowest BCUT2D eigenvalue weighted by atomic mass is 10.1. The van der Waals surface area contributed by atoms with E-state index in [9.17, 15) is 14.4 Å². The van der Waals surface area contributed by atoms with Gasteiger partial charge in [-0.1, -0.05) is 30.3 Å². The summed E-state index contributed by atoms with van der Waals surface area (Å²) >= 11 is 0. The van der Waals surface area contributed by atoms with Crippen molar-refractivity contribution in [2.24, 2.45) is 5.73 Å². The number of nitrogen functional groups attached to an aromatic ring is 1. The van der Waals surface area contributed by atoms with Crippen LogP contribution >= 0.6 is 0 Å². The number of benzene rings is 3. The number of carbonyl (C=O) groups is 3. The molecule has 0 aliphatic heterocycles. The number of amidine groups is 1. The second-order valence-electron chi connectivity index (χ2n) is 8.67. The molecule has 0 heterocycles. The van der Waals surface area contributed by atoms with E-state index in [4.69, 9.17) is 20.6 Å². The largest absolute Gasteiger partial charge is 0.462 e. The Morgan fingerprint density at radius 1 is 0.897 bits per heavy atom. The quantitative estimate of drug-likeness (QED) is 0.0909. The van der Waals surface area contributed by atoms with Crippen molar-refractivity contribution in [2.45, 2.75) is 20.4 Å². The van der Waals surface area contributed by atoms with Crippen molar-refractivity contribution in [1.82, 2.24) is 4.90 Å². The second-order valence-corrected chi connectivity index (χ2v) is 8.67. The lowest BCUT2D eigenvalue weighted by molar-refractivity contribution is -0.127. The summed E-state index contributed by atoms with van der Waals surface area (Å²) < 4.78 is 10.4. The maximum atomic E-state index is 13.2. The molecule has 0 aliphatic rings. The number of nitrogens with one attached hydrogen (secondary N) is 1. The SMILES string of the molecule is C=CCN(Cc1ccc(C(=O)OCC)cc1)C(=O)/C(C)=C/c1ccc(C(=O)Oc2ccc(C(=N)N)cc2)cc1. The Balaban J connectivity index is 1.66. The van der Waals surface area contributed by atoms with Crippen LogP contribution in [0.1, 0.15) is 51.3 Å². The van der Waals surface area contributed by atoms with E-state index in [1.54, 1.807) is 104 Å². The van der Waals surface area contributed by atoms with Crippen LogP contribution in [0.15, 0.2) is 91.0 Å². The van der Waals surface area contributed by atoms with Crippen molar-refractivity contribution < 1.29 is 23.9 Å². The molecular formula is C31H31N3O5. The van der Waals surface area contributed by atoms with Gasteiger partial charge in [-0.05, 0) is 79.6 Å². The van der Waals surface area contributed by atoms with Crippen molar-refractivity contribution in [3.8, 4) is 5.75 Å². The van der Waals surface area contributed by atoms with Gasteiger partial charge in [-0.2, -0.15) is 0 Å². The number of ether oxygens (including phenoxy) is 2. The highest BCUT2D eigenvalue weighted by atomic mass is 16.5. The third-order valence-electron chi connectivity index (χ3n) is 5.72. The number of nitrogens with zero attached hydrogens (tertiary/aromatic N) is 1. The molecule has 8 nitrogen and oxygen atoms in total. The van der Waals surface area contributed by atoms with Crippen molar-refractivity contribution >= 4 is 29.8 Å². The van der Waals surface area contributed by atoms with Crippen LogP contribution in [0.3, 0.4) is 0 Å². The Bertz CT molecular complexity index is 1380. The zero-order chi connectivity index (χ0) is 28.4. The van der Waals surface area contributed by atoms with Gasteiger partial charge < -0.3 is 20.1 Å². The maximum Gasteiger partial charge on any atom is 0.343 e. The molecule has 3 N–H and O–H groups in total. The van der Waals surface area contributed by atoms with Gasteiger partial charge in [0.2, 0.25) is 5.91 Å². The number of rotatable bonds is 11. The summed E-state index contributed by atoms with van der Waals surface area (Å²) in [4.78, 5) is 39.2. The van der Waals surface area contributed by atoms with Crippen LogP contribution in [0.2, 0.25) is 0 Å². The fourth-order valence-electron chi connectivity index (χ4n) is 3.70. The molecule has 0 fully saturated rings. The molecule has 8 heteroatoms. The minimum Gasteiger partial charge on any atom is -0.462 e. The summed E-state index contributed by atoms with van der Waals surface area (Å²) in [5.74, 6) is -0.804. The van der Waals surface area contributed by atoms with E-state index >= 15 is 0 Å². The van der Waals surface area contributed by atoms with Gasteiger partial charge in [0.15, 0.2) is 0 Å². The lowest BCUT2D eigenvalue weighted by Gasteiger charge is -2.22. The number of amides is 1. The predicted molar refractivity (Wildman–Crippen MR) is 151 cm³/mol. The molecule has 200 valence electrons. The molecule has 0 saturated carbocycles. The highest BCUT2D eigenvalue weighted by molar-refractivity contribution is 5.98. The van der Waals surface area contributed by atoms with E-state index in [0.29, 0.717) is 47.7 Å². The van der Waals surface area contributed by atoms with Crippen LogP contribution in [0.25, 0.3) is 6.08 Å². The van der Waals surface area contributed by atoms with Crippen molar-refractivity contribution in [3.63, 3.8) is 0 Å². The monoisotopic (exact) mass is 525 g/mol. The molecule has 39 heavy (non-hydrogen) atoms. The number of hydrogen-bond acceptors (Lipinski definition) is 6. The second kappa shape index (κ2) is 13.5. The Hall–Kier alpha value is -4.98. The Kier molecular flexibility index (Phi) is 9.92. The van der Waals surface area contributed by atoms with Gasteiger partial charge in [0.25, 0.3) is 0 Å². The first-order chi connectivity index (χ1) is 18.7. The van der Waals surface area contributed by atoms with Crippen LogP contribution < -0.4 is 10.5 Å². The molecule has 0 aromatic heterocycles. The molecule has 3 rings (SSSR count).